The largest absolute Gasteiger partial charge is 0.444 e. The molecule has 3 rings (SSSR count). The van der Waals surface area contributed by atoms with E-state index in [0.717, 1.165) is 5.56 Å². The lowest BCUT2D eigenvalue weighted by Gasteiger charge is -1.98. The summed E-state index contributed by atoms with van der Waals surface area (Å²) in [5.74, 6) is -0.384. The van der Waals surface area contributed by atoms with Gasteiger partial charge in [0, 0.05) is 5.56 Å². The second-order valence-electron chi connectivity index (χ2n) is 5.52. The molecule has 0 radical (unpaired) electrons. The predicted molar refractivity (Wildman–Crippen MR) is 94.9 cm³/mol. The lowest BCUT2D eigenvalue weighted by atomic mass is 10.2. The van der Waals surface area contributed by atoms with Crippen LogP contribution in [0.15, 0.2) is 71.4 Å². The standard InChI is InChI=1S/C19H16FNO3S/c20-17-10-8-16(9-11-17)19-21-18(13-24-19)14-25(22,23)12-4-7-15-5-2-1-3-6-15/h1-11,13H,12,14H2. The molecule has 0 spiro atoms. The maximum Gasteiger partial charge on any atom is 0.226 e. The molecule has 2 aromatic carbocycles. The quantitative estimate of drug-likeness (QED) is 0.666. The molecule has 0 bridgehead atoms. The van der Waals surface area contributed by atoms with E-state index in [-0.39, 0.29) is 23.2 Å². The molecule has 6 heteroatoms. The van der Waals surface area contributed by atoms with Crippen LogP contribution in [0, 0.1) is 5.82 Å². The van der Waals surface area contributed by atoms with Gasteiger partial charge in [-0.3, -0.25) is 0 Å². The Labute approximate surface area is 145 Å². The number of aromatic nitrogens is 1. The number of rotatable bonds is 6. The van der Waals surface area contributed by atoms with E-state index in [1.807, 2.05) is 30.3 Å². The van der Waals surface area contributed by atoms with E-state index in [1.165, 1.54) is 30.5 Å². The second kappa shape index (κ2) is 7.44. The average molecular weight is 357 g/mol. The molecule has 25 heavy (non-hydrogen) atoms. The number of oxazole rings is 1. The summed E-state index contributed by atoms with van der Waals surface area (Å²) in [5, 5.41) is 0. The Hall–Kier alpha value is -2.73. The zero-order valence-electron chi connectivity index (χ0n) is 13.3. The SMILES string of the molecule is O=S(=O)(CC=Cc1ccccc1)Cc1coc(-c2ccc(F)cc2)n1. The van der Waals surface area contributed by atoms with Crippen LogP contribution in [0.3, 0.4) is 0 Å². The van der Waals surface area contributed by atoms with E-state index in [4.69, 9.17) is 4.42 Å². The third-order valence-electron chi connectivity index (χ3n) is 3.47. The lowest BCUT2D eigenvalue weighted by Crippen LogP contribution is -2.07. The highest BCUT2D eigenvalue weighted by molar-refractivity contribution is 7.90. The third kappa shape index (κ3) is 4.87. The normalized spacial score (nSPS) is 11.9. The maximum atomic E-state index is 12.9. The first kappa shape index (κ1) is 17.1. The van der Waals surface area contributed by atoms with Crippen LogP contribution in [0.5, 0.6) is 0 Å². The Morgan fingerprint density at radius 3 is 2.48 bits per heavy atom. The van der Waals surface area contributed by atoms with E-state index in [9.17, 15) is 12.8 Å². The van der Waals surface area contributed by atoms with Crippen molar-refractivity contribution < 1.29 is 17.2 Å². The number of hydrogen-bond donors (Lipinski definition) is 0. The van der Waals surface area contributed by atoms with Crippen molar-refractivity contribution in [3.63, 3.8) is 0 Å². The van der Waals surface area contributed by atoms with Crippen LogP contribution < -0.4 is 0 Å². The van der Waals surface area contributed by atoms with Crippen LogP contribution in [0.1, 0.15) is 11.3 Å². The number of nitrogens with zero attached hydrogens (tertiary/aromatic N) is 1. The molecule has 0 atom stereocenters. The van der Waals surface area contributed by atoms with E-state index in [2.05, 4.69) is 4.98 Å². The van der Waals surface area contributed by atoms with Crippen LogP contribution in [0.4, 0.5) is 4.39 Å². The number of hydrogen-bond acceptors (Lipinski definition) is 4. The summed E-state index contributed by atoms with van der Waals surface area (Å²) >= 11 is 0. The van der Waals surface area contributed by atoms with Gasteiger partial charge in [0.25, 0.3) is 0 Å². The molecule has 0 saturated heterocycles. The molecular weight excluding hydrogens is 341 g/mol. The van der Waals surface area contributed by atoms with E-state index < -0.39 is 9.84 Å². The summed E-state index contributed by atoms with van der Waals surface area (Å²) < 4.78 is 42.6. The Balaban J connectivity index is 1.65. The molecule has 0 N–H and O–H groups in total. The van der Waals surface area contributed by atoms with E-state index >= 15 is 0 Å². The highest BCUT2D eigenvalue weighted by Gasteiger charge is 2.15. The minimum Gasteiger partial charge on any atom is -0.444 e. The van der Waals surface area contributed by atoms with Crippen molar-refractivity contribution >= 4 is 15.9 Å². The van der Waals surface area contributed by atoms with Crippen LogP contribution in [-0.2, 0) is 15.6 Å². The van der Waals surface area contributed by atoms with Gasteiger partial charge in [0.2, 0.25) is 5.89 Å². The molecule has 0 aliphatic rings. The summed E-state index contributed by atoms with van der Waals surface area (Å²) in [7, 11) is -3.35. The fourth-order valence-corrected chi connectivity index (χ4v) is 3.37. The molecule has 0 aliphatic carbocycles. The van der Waals surface area contributed by atoms with Crippen LogP contribution in [-0.4, -0.2) is 19.2 Å². The second-order valence-corrected chi connectivity index (χ2v) is 7.63. The Morgan fingerprint density at radius 2 is 1.76 bits per heavy atom. The third-order valence-corrected chi connectivity index (χ3v) is 4.91. The summed E-state index contributed by atoms with van der Waals surface area (Å²) in [6.45, 7) is 0. The summed E-state index contributed by atoms with van der Waals surface area (Å²) in [6.07, 6.45) is 4.70. The molecule has 1 aromatic heterocycles. The van der Waals surface area contributed by atoms with Crippen molar-refractivity contribution in [2.45, 2.75) is 5.75 Å². The van der Waals surface area contributed by atoms with Gasteiger partial charge in [-0.1, -0.05) is 42.5 Å². The molecule has 4 nitrogen and oxygen atoms in total. The van der Waals surface area contributed by atoms with Crippen molar-refractivity contribution in [3.8, 4) is 11.5 Å². The summed E-state index contributed by atoms with van der Waals surface area (Å²) in [5.41, 5.74) is 1.86. The monoisotopic (exact) mass is 357 g/mol. The van der Waals surface area contributed by atoms with Crippen molar-refractivity contribution in [3.05, 3.63) is 84.0 Å². The highest BCUT2D eigenvalue weighted by atomic mass is 32.2. The van der Waals surface area contributed by atoms with Crippen LogP contribution >= 0.6 is 0 Å². The first-order valence-electron chi connectivity index (χ1n) is 7.64. The summed E-state index contributed by atoms with van der Waals surface area (Å²) in [6, 6.07) is 15.1. The van der Waals surface area contributed by atoms with Crippen molar-refractivity contribution in [1.29, 1.82) is 0 Å². The molecule has 1 heterocycles. The van der Waals surface area contributed by atoms with Gasteiger partial charge in [0.15, 0.2) is 9.84 Å². The van der Waals surface area contributed by atoms with Gasteiger partial charge in [0.1, 0.15) is 12.1 Å². The maximum absolute atomic E-state index is 12.9. The van der Waals surface area contributed by atoms with Crippen molar-refractivity contribution in [2.24, 2.45) is 0 Å². The van der Waals surface area contributed by atoms with Gasteiger partial charge in [-0.25, -0.2) is 17.8 Å². The zero-order valence-corrected chi connectivity index (χ0v) is 14.1. The van der Waals surface area contributed by atoms with Gasteiger partial charge in [-0.2, -0.15) is 0 Å². The molecule has 3 aromatic rings. The van der Waals surface area contributed by atoms with Gasteiger partial charge in [-0.05, 0) is 29.8 Å². The van der Waals surface area contributed by atoms with Crippen molar-refractivity contribution in [2.75, 3.05) is 5.75 Å². The smallest absolute Gasteiger partial charge is 0.226 e. The van der Waals surface area contributed by atoms with Crippen LogP contribution in [0.2, 0.25) is 0 Å². The highest BCUT2D eigenvalue weighted by Crippen LogP contribution is 2.20. The topological polar surface area (TPSA) is 60.2 Å². The van der Waals surface area contributed by atoms with E-state index in [0.29, 0.717) is 11.3 Å². The predicted octanol–water partition coefficient (Wildman–Crippen LogP) is 4.11. The molecule has 0 fully saturated rings. The molecule has 0 saturated carbocycles. The molecule has 0 aliphatic heterocycles. The molecule has 0 amide bonds. The summed E-state index contributed by atoms with van der Waals surface area (Å²) in [4.78, 5) is 4.17. The van der Waals surface area contributed by atoms with Gasteiger partial charge in [0.05, 0.1) is 17.2 Å². The number of halogens is 1. The zero-order chi connectivity index (χ0) is 17.7. The van der Waals surface area contributed by atoms with Gasteiger partial charge >= 0.3 is 0 Å². The van der Waals surface area contributed by atoms with E-state index in [1.54, 1.807) is 12.2 Å². The fourth-order valence-electron chi connectivity index (χ4n) is 2.28. The number of sulfone groups is 1. The minimum absolute atomic E-state index is 0.0827. The first-order chi connectivity index (χ1) is 12.0. The number of benzene rings is 2. The Bertz CT molecular complexity index is 961. The van der Waals surface area contributed by atoms with Crippen LogP contribution in [0.25, 0.3) is 17.5 Å². The lowest BCUT2D eigenvalue weighted by molar-refractivity contribution is 0.571. The fraction of sp³-hybridized carbons (Fsp3) is 0.105. The minimum atomic E-state index is -3.35. The Morgan fingerprint density at radius 1 is 1.04 bits per heavy atom. The molecule has 0 unspecified atom stereocenters. The molecular formula is C19H16FNO3S. The average Bonchev–Trinajstić information content (AvgIpc) is 3.04. The Kier molecular flexibility index (Phi) is 5.09. The van der Waals surface area contributed by atoms with Gasteiger partial charge in [-0.15, -0.1) is 0 Å². The first-order valence-corrected chi connectivity index (χ1v) is 9.46. The molecule has 128 valence electrons. The van der Waals surface area contributed by atoms with Gasteiger partial charge < -0.3 is 4.42 Å². The van der Waals surface area contributed by atoms with Crippen molar-refractivity contribution in [1.82, 2.24) is 4.98 Å².